The highest BCUT2D eigenvalue weighted by Gasteiger charge is 2.23. The molecule has 2 heterocycles. The van der Waals surface area contributed by atoms with Gasteiger partial charge in [-0.05, 0) is 56.0 Å². The Bertz CT molecular complexity index is 1010. The van der Waals surface area contributed by atoms with Crippen LogP contribution in [0.3, 0.4) is 0 Å². The topological polar surface area (TPSA) is 50.2 Å². The molecule has 5 heteroatoms. The number of imidazole rings is 1. The molecule has 140 valence electrons. The van der Waals surface area contributed by atoms with Crippen LogP contribution in [-0.2, 0) is 18.4 Å². The summed E-state index contributed by atoms with van der Waals surface area (Å²) >= 11 is 0. The molecule has 1 aromatic heterocycles. The number of rotatable bonds is 4. The van der Waals surface area contributed by atoms with Crippen LogP contribution >= 0.6 is 0 Å². The van der Waals surface area contributed by atoms with Crippen molar-refractivity contribution in [1.82, 2.24) is 9.55 Å². The third-order valence-electron chi connectivity index (χ3n) is 5.68. The summed E-state index contributed by atoms with van der Waals surface area (Å²) in [6.07, 6.45) is 1.56. The molecule has 1 saturated heterocycles. The molecule has 3 aromatic rings. The zero-order valence-corrected chi connectivity index (χ0v) is 16.5. The summed E-state index contributed by atoms with van der Waals surface area (Å²) in [7, 11) is 2.02. The molecule has 1 aliphatic rings. The molecule has 27 heavy (non-hydrogen) atoms. The van der Waals surface area contributed by atoms with Crippen LogP contribution in [0, 0.1) is 20.8 Å². The van der Waals surface area contributed by atoms with E-state index in [1.807, 2.05) is 18.9 Å². The van der Waals surface area contributed by atoms with Crippen LogP contribution < -0.4 is 10.2 Å². The van der Waals surface area contributed by atoms with Gasteiger partial charge in [0, 0.05) is 32.2 Å². The molecule has 1 aliphatic heterocycles. The normalized spacial score (nSPS) is 14.4. The van der Waals surface area contributed by atoms with Crippen molar-refractivity contribution in [2.24, 2.45) is 7.05 Å². The summed E-state index contributed by atoms with van der Waals surface area (Å²) in [5.74, 6) is 1.17. The lowest BCUT2D eigenvalue weighted by atomic mass is 10.0. The molecule has 0 radical (unpaired) electrons. The summed E-state index contributed by atoms with van der Waals surface area (Å²) < 4.78 is 2.09. The lowest BCUT2D eigenvalue weighted by Crippen LogP contribution is -2.23. The van der Waals surface area contributed by atoms with E-state index in [0.29, 0.717) is 6.42 Å². The smallest absolute Gasteiger partial charge is 0.227 e. The molecular formula is C22H26N4O. The van der Waals surface area contributed by atoms with E-state index in [9.17, 15) is 4.79 Å². The lowest BCUT2D eigenvalue weighted by molar-refractivity contribution is -0.117. The monoisotopic (exact) mass is 362 g/mol. The number of anilines is 2. The largest absolute Gasteiger partial charge is 0.379 e. The van der Waals surface area contributed by atoms with Crippen LogP contribution in [0.4, 0.5) is 11.4 Å². The zero-order chi connectivity index (χ0) is 19.1. The molecule has 1 fully saturated rings. The van der Waals surface area contributed by atoms with Gasteiger partial charge in [0.25, 0.3) is 0 Å². The van der Waals surface area contributed by atoms with E-state index in [2.05, 4.69) is 54.1 Å². The van der Waals surface area contributed by atoms with E-state index >= 15 is 0 Å². The van der Waals surface area contributed by atoms with Crippen LogP contribution in [0.5, 0.6) is 0 Å². The molecule has 4 rings (SSSR count). The van der Waals surface area contributed by atoms with Gasteiger partial charge in [-0.3, -0.25) is 4.79 Å². The second-order valence-electron chi connectivity index (χ2n) is 7.45. The summed E-state index contributed by atoms with van der Waals surface area (Å²) in [6, 6.07) is 10.5. The molecular weight excluding hydrogens is 336 g/mol. The molecule has 0 spiro atoms. The van der Waals surface area contributed by atoms with Gasteiger partial charge in [-0.2, -0.15) is 0 Å². The zero-order valence-electron chi connectivity index (χ0n) is 16.5. The fraction of sp³-hybridized carbons (Fsp3) is 0.364. The van der Waals surface area contributed by atoms with Crippen LogP contribution in [-0.4, -0.2) is 22.0 Å². The Morgan fingerprint density at radius 3 is 2.56 bits per heavy atom. The Labute approximate surface area is 160 Å². The molecule has 0 aliphatic carbocycles. The Morgan fingerprint density at radius 1 is 1.15 bits per heavy atom. The maximum atomic E-state index is 12.3. The van der Waals surface area contributed by atoms with Gasteiger partial charge in [-0.25, -0.2) is 4.98 Å². The molecule has 1 amide bonds. The van der Waals surface area contributed by atoms with Gasteiger partial charge in [0.15, 0.2) is 0 Å². The SMILES string of the molecule is Cc1cccc(C)c1CNc1cc(N2CCCC2=O)cc2c1nc(C)n2C. The number of nitrogens with one attached hydrogen (secondary N) is 1. The van der Waals surface area contributed by atoms with Crippen molar-refractivity contribution in [2.75, 3.05) is 16.8 Å². The standard InChI is InChI=1S/C22H26N4O/c1-14-7-5-8-15(2)18(14)13-23-19-11-17(26-10-6-9-21(26)27)12-20-22(19)24-16(3)25(20)4/h5,7-8,11-12,23H,6,9-10,13H2,1-4H3. The second kappa shape index (κ2) is 6.72. The molecule has 2 aromatic carbocycles. The van der Waals surface area contributed by atoms with E-state index in [1.165, 1.54) is 16.7 Å². The molecule has 1 N–H and O–H groups in total. The number of hydrogen-bond donors (Lipinski definition) is 1. The van der Waals surface area contributed by atoms with Crippen molar-refractivity contribution in [3.05, 3.63) is 52.8 Å². The lowest BCUT2D eigenvalue weighted by Gasteiger charge is -2.19. The van der Waals surface area contributed by atoms with E-state index < -0.39 is 0 Å². The predicted molar refractivity (Wildman–Crippen MR) is 110 cm³/mol. The van der Waals surface area contributed by atoms with Gasteiger partial charge in [0.2, 0.25) is 5.91 Å². The molecule has 0 saturated carbocycles. The Hall–Kier alpha value is -2.82. The minimum atomic E-state index is 0.203. The summed E-state index contributed by atoms with van der Waals surface area (Å²) in [4.78, 5) is 18.9. The Morgan fingerprint density at radius 2 is 1.89 bits per heavy atom. The van der Waals surface area contributed by atoms with Crippen LogP contribution in [0.25, 0.3) is 11.0 Å². The van der Waals surface area contributed by atoms with E-state index in [0.717, 1.165) is 47.7 Å². The van der Waals surface area contributed by atoms with Crippen LogP contribution in [0.2, 0.25) is 0 Å². The first-order valence-electron chi connectivity index (χ1n) is 9.52. The van der Waals surface area contributed by atoms with Gasteiger partial charge in [0.1, 0.15) is 11.3 Å². The molecule has 0 bridgehead atoms. The highest BCUT2D eigenvalue weighted by Crippen LogP contribution is 2.32. The third-order valence-corrected chi connectivity index (χ3v) is 5.68. The Kier molecular flexibility index (Phi) is 4.38. The van der Waals surface area contributed by atoms with Gasteiger partial charge in [-0.1, -0.05) is 18.2 Å². The van der Waals surface area contributed by atoms with Crippen molar-refractivity contribution in [3.8, 4) is 0 Å². The Balaban J connectivity index is 1.76. The number of carbonyl (C=O) groups excluding carboxylic acids is 1. The van der Waals surface area contributed by atoms with Crippen molar-refractivity contribution >= 4 is 28.3 Å². The van der Waals surface area contributed by atoms with E-state index in [4.69, 9.17) is 4.98 Å². The van der Waals surface area contributed by atoms with E-state index in [-0.39, 0.29) is 5.91 Å². The average molecular weight is 362 g/mol. The van der Waals surface area contributed by atoms with Crippen molar-refractivity contribution < 1.29 is 4.79 Å². The highest BCUT2D eigenvalue weighted by atomic mass is 16.2. The maximum absolute atomic E-state index is 12.3. The van der Waals surface area contributed by atoms with E-state index in [1.54, 1.807) is 0 Å². The van der Waals surface area contributed by atoms with Gasteiger partial charge in [0.05, 0.1) is 11.2 Å². The fourth-order valence-electron chi connectivity index (χ4n) is 3.91. The highest BCUT2D eigenvalue weighted by molar-refractivity contribution is 6.00. The summed E-state index contributed by atoms with van der Waals surface area (Å²) in [5.41, 5.74) is 7.81. The van der Waals surface area contributed by atoms with Crippen molar-refractivity contribution in [3.63, 3.8) is 0 Å². The fourth-order valence-corrected chi connectivity index (χ4v) is 3.91. The molecule has 5 nitrogen and oxygen atoms in total. The van der Waals surface area contributed by atoms with Crippen molar-refractivity contribution in [2.45, 2.75) is 40.2 Å². The number of carbonyl (C=O) groups is 1. The van der Waals surface area contributed by atoms with Gasteiger partial charge in [-0.15, -0.1) is 0 Å². The first kappa shape index (κ1) is 17.6. The van der Waals surface area contributed by atoms with Gasteiger partial charge >= 0.3 is 0 Å². The predicted octanol–water partition coefficient (Wildman–Crippen LogP) is 4.24. The quantitative estimate of drug-likeness (QED) is 0.755. The summed E-state index contributed by atoms with van der Waals surface area (Å²) in [5, 5.41) is 3.59. The van der Waals surface area contributed by atoms with Crippen LogP contribution in [0.15, 0.2) is 30.3 Å². The summed E-state index contributed by atoms with van der Waals surface area (Å²) in [6.45, 7) is 7.82. The first-order chi connectivity index (χ1) is 13.0. The van der Waals surface area contributed by atoms with Gasteiger partial charge < -0.3 is 14.8 Å². The third kappa shape index (κ3) is 3.07. The number of aromatic nitrogens is 2. The minimum Gasteiger partial charge on any atom is -0.379 e. The number of hydrogen-bond acceptors (Lipinski definition) is 3. The second-order valence-corrected chi connectivity index (χ2v) is 7.45. The molecule has 0 atom stereocenters. The number of amides is 1. The minimum absolute atomic E-state index is 0.203. The van der Waals surface area contributed by atoms with Crippen LogP contribution in [0.1, 0.15) is 35.4 Å². The first-order valence-corrected chi connectivity index (χ1v) is 9.52. The average Bonchev–Trinajstić information content (AvgIpc) is 3.18. The number of nitrogens with zero attached hydrogens (tertiary/aromatic N) is 3. The number of aryl methyl sites for hydroxylation is 4. The number of fused-ring (bicyclic) bond motifs is 1. The van der Waals surface area contributed by atoms with Crippen molar-refractivity contribution in [1.29, 1.82) is 0 Å². The molecule has 0 unspecified atom stereocenters. The maximum Gasteiger partial charge on any atom is 0.227 e. The number of benzene rings is 2.